The van der Waals surface area contributed by atoms with Crippen LogP contribution in [-0.2, 0) is 0 Å². The minimum Gasteiger partial charge on any atom is -0.405 e. The summed E-state index contributed by atoms with van der Waals surface area (Å²) >= 11 is 0. The van der Waals surface area contributed by atoms with Gasteiger partial charge >= 0.3 is 0 Å². The molecule has 0 heterocycles. The zero-order valence-electron chi connectivity index (χ0n) is 6.06. The zero-order valence-corrected chi connectivity index (χ0v) is 6.06. The van der Waals surface area contributed by atoms with Gasteiger partial charge in [-0.2, -0.15) is 0 Å². The highest BCUT2D eigenvalue weighted by Gasteiger charge is 2.12. The van der Waals surface area contributed by atoms with Gasteiger partial charge in [0, 0.05) is 0 Å². The van der Waals surface area contributed by atoms with Gasteiger partial charge in [0.15, 0.2) is 0 Å². The minimum absolute atomic E-state index is 0.753. The molecule has 1 rings (SSSR count). The van der Waals surface area contributed by atoms with Gasteiger partial charge in [0.1, 0.15) is 0 Å². The maximum absolute atomic E-state index is 5.43. The lowest BCUT2D eigenvalue weighted by atomic mass is 9.86. The lowest BCUT2D eigenvalue weighted by molar-refractivity contribution is 0.482. The van der Waals surface area contributed by atoms with Crippen molar-refractivity contribution in [2.75, 3.05) is 0 Å². The fraction of sp³-hybridized carbons (Fsp3) is 0.750. The van der Waals surface area contributed by atoms with Crippen LogP contribution in [0.5, 0.6) is 0 Å². The van der Waals surface area contributed by atoms with Crippen LogP contribution in [0.15, 0.2) is 11.8 Å². The Kier molecular flexibility index (Phi) is 2.15. The maximum Gasteiger partial charge on any atom is -0.00677 e. The van der Waals surface area contributed by atoms with E-state index in [0.717, 1.165) is 5.92 Å². The normalized spacial score (nSPS) is 33.0. The third-order valence-corrected chi connectivity index (χ3v) is 2.20. The summed E-state index contributed by atoms with van der Waals surface area (Å²) in [7, 11) is 0. The summed E-state index contributed by atoms with van der Waals surface area (Å²) in [5.74, 6) is 0.753. The van der Waals surface area contributed by atoms with Gasteiger partial charge in [0.05, 0.1) is 0 Å². The van der Waals surface area contributed by atoms with Crippen molar-refractivity contribution in [3.8, 4) is 0 Å². The van der Waals surface area contributed by atoms with Crippen LogP contribution < -0.4 is 5.73 Å². The Morgan fingerprint density at radius 3 is 2.78 bits per heavy atom. The summed E-state index contributed by atoms with van der Waals surface area (Å²) in [6.07, 6.45) is 7.09. The average Bonchev–Trinajstić information content (AvgIpc) is 1.89. The first kappa shape index (κ1) is 6.66. The molecule has 52 valence electrons. The second-order valence-electron chi connectivity index (χ2n) is 2.89. The van der Waals surface area contributed by atoms with Crippen LogP contribution in [-0.4, -0.2) is 0 Å². The van der Waals surface area contributed by atoms with Gasteiger partial charge < -0.3 is 5.73 Å². The molecule has 1 fully saturated rings. The van der Waals surface area contributed by atoms with E-state index in [4.69, 9.17) is 5.73 Å². The molecule has 0 saturated heterocycles. The number of hydrogen-bond donors (Lipinski definition) is 1. The highest BCUT2D eigenvalue weighted by Crippen LogP contribution is 2.27. The Balaban J connectivity index is 2.49. The minimum atomic E-state index is 0.753. The maximum atomic E-state index is 5.43. The van der Waals surface area contributed by atoms with E-state index in [1.165, 1.54) is 31.3 Å². The standard InChI is InChI=1S/C8H15N/c1-7-4-2-3-5-8(7)6-9/h6-7H,2-5,9H2,1H3/b8-6-/t7-/m1/s1. The Labute approximate surface area is 56.9 Å². The summed E-state index contributed by atoms with van der Waals surface area (Å²) in [5.41, 5.74) is 6.89. The third-order valence-electron chi connectivity index (χ3n) is 2.20. The fourth-order valence-corrected chi connectivity index (χ4v) is 1.46. The van der Waals surface area contributed by atoms with Crippen molar-refractivity contribution in [2.24, 2.45) is 11.7 Å². The van der Waals surface area contributed by atoms with Gasteiger partial charge in [-0.05, 0) is 31.4 Å². The number of rotatable bonds is 0. The molecule has 1 aliphatic rings. The Bertz CT molecular complexity index is 116. The molecule has 0 amide bonds. The molecular formula is C8H15N. The van der Waals surface area contributed by atoms with E-state index in [0.29, 0.717) is 0 Å². The van der Waals surface area contributed by atoms with Crippen molar-refractivity contribution in [1.82, 2.24) is 0 Å². The molecule has 0 unspecified atom stereocenters. The molecule has 0 aromatic carbocycles. The second-order valence-corrected chi connectivity index (χ2v) is 2.89. The first-order valence-corrected chi connectivity index (χ1v) is 3.75. The molecule has 0 radical (unpaired) electrons. The molecule has 1 aliphatic carbocycles. The molecule has 0 aliphatic heterocycles. The number of hydrogen-bond acceptors (Lipinski definition) is 1. The predicted octanol–water partition coefficient (Wildman–Crippen LogP) is 2.04. The molecule has 1 atom stereocenters. The monoisotopic (exact) mass is 125 g/mol. The van der Waals surface area contributed by atoms with E-state index < -0.39 is 0 Å². The van der Waals surface area contributed by atoms with Crippen LogP contribution in [0.4, 0.5) is 0 Å². The SMILES string of the molecule is C[C@@H]1CCCC/C1=C/N. The van der Waals surface area contributed by atoms with Crippen molar-refractivity contribution in [3.63, 3.8) is 0 Å². The highest BCUT2D eigenvalue weighted by atomic mass is 14.5. The lowest BCUT2D eigenvalue weighted by Crippen LogP contribution is -2.07. The van der Waals surface area contributed by atoms with Gasteiger partial charge in [0.25, 0.3) is 0 Å². The van der Waals surface area contributed by atoms with Crippen molar-refractivity contribution in [1.29, 1.82) is 0 Å². The summed E-state index contributed by atoms with van der Waals surface area (Å²) < 4.78 is 0. The first-order valence-electron chi connectivity index (χ1n) is 3.75. The van der Waals surface area contributed by atoms with E-state index in [1.54, 1.807) is 6.20 Å². The van der Waals surface area contributed by atoms with Crippen LogP contribution in [0.25, 0.3) is 0 Å². The Morgan fingerprint density at radius 1 is 1.56 bits per heavy atom. The quantitative estimate of drug-likeness (QED) is 0.526. The average molecular weight is 125 g/mol. The molecule has 9 heavy (non-hydrogen) atoms. The first-order chi connectivity index (χ1) is 4.34. The molecule has 1 nitrogen and oxygen atoms in total. The van der Waals surface area contributed by atoms with Crippen LogP contribution >= 0.6 is 0 Å². The van der Waals surface area contributed by atoms with Crippen LogP contribution in [0.2, 0.25) is 0 Å². The molecule has 1 heteroatoms. The Morgan fingerprint density at radius 2 is 2.33 bits per heavy atom. The third kappa shape index (κ3) is 1.47. The van der Waals surface area contributed by atoms with E-state index in [-0.39, 0.29) is 0 Å². The topological polar surface area (TPSA) is 26.0 Å². The van der Waals surface area contributed by atoms with Crippen molar-refractivity contribution in [3.05, 3.63) is 11.8 Å². The summed E-state index contributed by atoms with van der Waals surface area (Å²) in [4.78, 5) is 0. The second kappa shape index (κ2) is 2.90. The van der Waals surface area contributed by atoms with Gasteiger partial charge in [-0.1, -0.05) is 18.9 Å². The van der Waals surface area contributed by atoms with Gasteiger partial charge in [-0.3, -0.25) is 0 Å². The van der Waals surface area contributed by atoms with Crippen molar-refractivity contribution < 1.29 is 0 Å². The van der Waals surface area contributed by atoms with Gasteiger partial charge in [0.2, 0.25) is 0 Å². The largest absolute Gasteiger partial charge is 0.405 e. The van der Waals surface area contributed by atoms with Gasteiger partial charge in [-0.15, -0.1) is 0 Å². The lowest BCUT2D eigenvalue weighted by Gasteiger charge is -2.20. The molecular weight excluding hydrogens is 110 g/mol. The van der Waals surface area contributed by atoms with Crippen molar-refractivity contribution >= 4 is 0 Å². The van der Waals surface area contributed by atoms with Crippen LogP contribution in [0.1, 0.15) is 32.6 Å². The summed E-state index contributed by atoms with van der Waals surface area (Å²) in [6, 6.07) is 0. The fourth-order valence-electron chi connectivity index (χ4n) is 1.46. The van der Waals surface area contributed by atoms with E-state index in [9.17, 15) is 0 Å². The van der Waals surface area contributed by atoms with Crippen LogP contribution in [0, 0.1) is 5.92 Å². The van der Waals surface area contributed by atoms with Crippen LogP contribution in [0.3, 0.4) is 0 Å². The molecule has 1 saturated carbocycles. The summed E-state index contributed by atoms with van der Waals surface area (Å²) in [6.45, 7) is 2.26. The molecule has 0 spiro atoms. The highest BCUT2D eigenvalue weighted by molar-refractivity contribution is 5.05. The van der Waals surface area contributed by atoms with Gasteiger partial charge in [-0.25, -0.2) is 0 Å². The van der Waals surface area contributed by atoms with E-state index >= 15 is 0 Å². The smallest absolute Gasteiger partial charge is 0.00677 e. The van der Waals surface area contributed by atoms with E-state index in [1.807, 2.05) is 0 Å². The number of nitrogens with two attached hydrogens (primary N) is 1. The predicted molar refractivity (Wildman–Crippen MR) is 39.9 cm³/mol. The number of allylic oxidation sites excluding steroid dienone is 1. The molecule has 0 aromatic rings. The molecule has 0 aromatic heterocycles. The summed E-state index contributed by atoms with van der Waals surface area (Å²) in [5, 5.41) is 0. The van der Waals surface area contributed by atoms with E-state index in [2.05, 4.69) is 6.92 Å². The Hall–Kier alpha value is -0.460. The molecule has 2 N–H and O–H groups in total. The zero-order chi connectivity index (χ0) is 6.69. The molecule has 0 bridgehead atoms. The van der Waals surface area contributed by atoms with Crippen molar-refractivity contribution in [2.45, 2.75) is 32.6 Å².